The second-order valence-electron chi connectivity index (χ2n) is 5.61. The molecule has 0 spiro atoms. The van der Waals surface area contributed by atoms with Crippen molar-refractivity contribution in [1.29, 1.82) is 0 Å². The molecule has 0 bridgehead atoms. The Bertz CT molecular complexity index is 490. The first-order valence-corrected chi connectivity index (χ1v) is 7.03. The van der Waals surface area contributed by atoms with E-state index >= 15 is 0 Å². The molecule has 0 amide bonds. The molecule has 0 aliphatic heterocycles. The van der Waals surface area contributed by atoms with Crippen LogP contribution in [0.25, 0.3) is 0 Å². The van der Waals surface area contributed by atoms with Crippen molar-refractivity contribution in [1.82, 2.24) is 0 Å². The number of Topliss-reactive ketones (excluding diaryl/α,β-unsaturated/α-hetero) is 1. The number of rotatable bonds is 5. The molecule has 0 fully saturated rings. The first kappa shape index (κ1) is 17.2. The zero-order chi connectivity index (χ0) is 16.2. The average molecular weight is 297 g/mol. The minimum atomic E-state index is -0.881. The van der Waals surface area contributed by atoms with Crippen LogP contribution in [0.2, 0.25) is 0 Å². The minimum Gasteiger partial charge on any atom is -0.511 e. The lowest BCUT2D eigenvalue weighted by Gasteiger charge is -2.36. The van der Waals surface area contributed by atoms with E-state index in [9.17, 15) is 14.7 Å². The SMILES string of the molecule is CCON=C(CC)C1=C(O)[C@H](C(=O)OC)C(C)(C)CC1=O. The molecule has 0 radical (unpaired) electrons. The van der Waals surface area contributed by atoms with Gasteiger partial charge in [-0.3, -0.25) is 9.59 Å². The quantitative estimate of drug-likeness (QED) is 0.478. The molecular weight excluding hydrogens is 274 g/mol. The molecule has 0 unspecified atom stereocenters. The zero-order valence-electron chi connectivity index (χ0n) is 13.2. The van der Waals surface area contributed by atoms with Crippen molar-refractivity contribution in [2.75, 3.05) is 13.7 Å². The highest BCUT2D eigenvalue weighted by molar-refractivity contribution is 6.23. The number of allylic oxidation sites excluding steroid dienone is 1. The molecule has 1 aliphatic rings. The van der Waals surface area contributed by atoms with Crippen molar-refractivity contribution in [3.8, 4) is 0 Å². The molecule has 118 valence electrons. The van der Waals surface area contributed by atoms with E-state index in [1.807, 2.05) is 0 Å². The summed E-state index contributed by atoms with van der Waals surface area (Å²) < 4.78 is 4.76. The van der Waals surface area contributed by atoms with Crippen LogP contribution in [0.3, 0.4) is 0 Å². The largest absolute Gasteiger partial charge is 0.511 e. The van der Waals surface area contributed by atoms with Crippen LogP contribution in [0.15, 0.2) is 16.5 Å². The number of nitrogens with zero attached hydrogens (tertiary/aromatic N) is 1. The third-order valence-corrected chi connectivity index (χ3v) is 3.57. The highest BCUT2D eigenvalue weighted by Gasteiger charge is 2.47. The second-order valence-corrected chi connectivity index (χ2v) is 5.61. The maximum atomic E-state index is 12.3. The number of carbonyl (C=O) groups is 2. The number of esters is 1. The standard InChI is InChI=1S/C15H23NO5/c1-6-9(16-21-7-2)11-10(17)8-15(3,4)12(13(11)18)14(19)20-5/h12,18H,6-8H2,1-5H3/t12-/m1/s1. The third-order valence-electron chi connectivity index (χ3n) is 3.57. The van der Waals surface area contributed by atoms with Crippen LogP contribution in [-0.4, -0.2) is 36.3 Å². The van der Waals surface area contributed by atoms with Crippen molar-refractivity contribution in [2.24, 2.45) is 16.5 Å². The number of hydrogen-bond acceptors (Lipinski definition) is 6. The van der Waals surface area contributed by atoms with Gasteiger partial charge in [0, 0.05) is 6.42 Å². The van der Waals surface area contributed by atoms with Crippen LogP contribution in [0.1, 0.15) is 40.5 Å². The molecule has 1 atom stereocenters. The topological polar surface area (TPSA) is 85.2 Å². The molecule has 6 heteroatoms. The summed E-state index contributed by atoms with van der Waals surface area (Å²) in [4.78, 5) is 29.3. The summed E-state index contributed by atoms with van der Waals surface area (Å²) in [7, 11) is 1.26. The van der Waals surface area contributed by atoms with Gasteiger partial charge in [0.15, 0.2) is 5.78 Å². The Morgan fingerprint density at radius 3 is 2.52 bits per heavy atom. The van der Waals surface area contributed by atoms with Gasteiger partial charge < -0.3 is 14.7 Å². The molecule has 0 saturated carbocycles. The van der Waals surface area contributed by atoms with E-state index in [0.29, 0.717) is 18.7 Å². The van der Waals surface area contributed by atoms with Crippen LogP contribution >= 0.6 is 0 Å². The Morgan fingerprint density at radius 2 is 2.05 bits per heavy atom. The molecule has 1 aliphatic carbocycles. The van der Waals surface area contributed by atoms with Crippen molar-refractivity contribution in [3.63, 3.8) is 0 Å². The van der Waals surface area contributed by atoms with E-state index in [2.05, 4.69) is 5.16 Å². The van der Waals surface area contributed by atoms with Crippen LogP contribution in [0, 0.1) is 11.3 Å². The highest BCUT2D eigenvalue weighted by atomic mass is 16.6. The van der Waals surface area contributed by atoms with E-state index < -0.39 is 17.3 Å². The molecule has 6 nitrogen and oxygen atoms in total. The molecule has 0 aromatic heterocycles. The average Bonchev–Trinajstić information content (AvgIpc) is 2.40. The molecule has 0 aromatic carbocycles. The minimum absolute atomic E-state index is 0.0840. The molecular formula is C15H23NO5. The van der Waals surface area contributed by atoms with Gasteiger partial charge in [0.25, 0.3) is 0 Å². The fourth-order valence-corrected chi connectivity index (χ4v) is 2.55. The predicted molar refractivity (Wildman–Crippen MR) is 77.9 cm³/mol. The number of carbonyl (C=O) groups excluding carboxylic acids is 2. The summed E-state index contributed by atoms with van der Waals surface area (Å²) in [6.07, 6.45) is 0.552. The van der Waals surface area contributed by atoms with Crippen LogP contribution < -0.4 is 0 Å². The van der Waals surface area contributed by atoms with Crippen molar-refractivity contribution < 1.29 is 24.3 Å². The maximum absolute atomic E-state index is 12.3. The van der Waals surface area contributed by atoms with Gasteiger partial charge in [-0.05, 0) is 18.8 Å². The van der Waals surface area contributed by atoms with Gasteiger partial charge in [-0.1, -0.05) is 25.9 Å². The number of methoxy groups -OCH3 is 1. The summed E-state index contributed by atoms with van der Waals surface area (Å²) in [6, 6.07) is 0. The Kier molecular flexibility index (Phi) is 5.52. The lowest BCUT2D eigenvalue weighted by Crippen LogP contribution is -2.41. The van der Waals surface area contributed by atoms with E-state index in [0.717, 1.165) is 0 Å². The first-order chi connectivity index (χ1) is 9.80. The Morgan fingerprint density at radius 1 is 1.43 bits per heavy atom. The summed E-state index contributed by atoms with van der Waals surface area (Å²) in [5, 5.41) is 14.3. The normalized spacial score (nSPS) is 22.2. The summed E-state index contributed by atoms with van der Waals surface area (Å²) >= 11 is 0. The van der Waals surface area contributed by atoms with Gasteiger partial charge in [-0.25, -0.2) is 0 Å². The predicted octanol–water partition coefficient (Wildman–Crippen LogP) is 2.39. The lowest BCUT2D eigenvalue weighted by molar-refractivity contribution is -0.150. The number of ketones is 1. The smallest absolute Gasteiger partial charge is 0.316 e. The number of aliphatic hydroxyl groups excluding tert-OH is 1. The third kappa shape index (κ3) is 3.43. The lowest BCUT2D eigenvalue weighted by atomic mass is 9.67. The molecule has 1 rings (SSSR count). The Balaban J connectivity index is 3.39. The highest BCUT2D eigenvalue weighted by Crippen LogP contribution is 2.42. The number of oxime groups is 1. The Hall–Kier alpha value is -1.85. The molecule has 0 heterocycles. The first-order valence-electron chi connectivity index (χ1n) is 7.03. The van der Waals surface area contributed by atoms with Crippen molar-refractivity contribution >= 4 is 17.5 Å². The summed E-state index contributed by atoms with van der Waals surface area (Å²) in [5.74, 6) is -1.95. The molecule has 0 saturated heterocycles. The fourth-order valence-electron chi connectivity index (χ4n) is 2.55. The Labute approximate surface area is 124 Å². The van der Waals surface area contributed by atoms with Crippen LogP contribution in [0.5, 0.6) is 0 Å². The molecule has 0 aromatic rings. The van der Waals surface area contributed by atoms with E-state index in [1.54, 1.807) is 27.7 Å². The van der Waals surface area contributed by atoms with Crippen molar-refractivity contribution in [3.05, 3.63) is 11.3 Å². The van der Waals surface area contributed by atoms with Gasteiger partial charge >= 0.3 is 5.97 Å². The van der Waals surface area contributed by atoms with Crippen LogP contribution in [0.4, 0.5) is 0 Å². The van der Waals surface area contributed by atoms with Gasteiger partial charge in [0.2, 0.25) is 0 Å². The van der Waals surface area contributed by atoms with Crippen LogP contribution in [-0.2, 0) is 19.2 Å². The number of aliphatic hydroxyl groups is 1. The summed E-state index contributed by atoms with van der Waals surface area (Å²) in [6.45, 7) is 7.44. The second kappa shape index (κ2) is 6.74. The van der Waals surface area contributed by atoms with Gasteiger partial charge in [-0.2, -0.15) is 0 Å². The van der Waals surface area contributed by atoms with Gasteiger partial charge in [-0.15, -0.1) is 0 Å². The monoisotopic (exact) mass is 297 g/mol. The number of hydrogen-bond donors (Lipinski definition) is 1. The van der Waals surface area contributed by atoms with Gasteiger partial charge in [0.05, 0.1) is 18.4 Å². The van der Waals surface area contributed by atoms with E-state index in [-0.39, 0.29) is 23.5 Å². The maximum Gasteiger partial charge on any atom is 0.316 e. The summed E-state index contributed by atoms with van der Waals surface area (Å²) in [5.41, 5.74) is -0.271. The van der Waals surface area contributed by atoms with E-state index in [1.165, 1.54) is 7.11 Å². The molecule has 21 heavy (non-hydrogen) atoms. The number of ether oxygens (including phenoxy) is 1. The van der Waals surface area contributed by atoms with E-state index in [4.69, 9.17) is 9.57 Å². The zero-order valence-corrected chi connectivity index (χ0v) is 13.2. The van der Waals surface area contributed by atoms with Crippen molar-refractivity contribution in [2.45, 2.75) is 40.5 Å². The van der Waals surface area contributed by atoms with Gasteiger partial charge in [0.1, 0.15) is 18.3 Å². The molecule has 1 N–H and O–H groups in total. The fraction of sp³-hybridized carbons (Fsp3) is 0.667.